The fourth-order valence-corrected chi connectivity index (χ4v) is 3.16. The highest BCUT2D eigenvalue weighted by Gasteiger charge is 2.29. The van der Waals surface area contributed by atoms with Gasteiger partial charge in [-0.1, -0.05) is 31.9 Å². The third-order valence-electron chi connectivity index (χ3n) is 3.05. The van der Waals surface area contributed by atoms with Crippen molar-refractivity contribution in [2.45, 2.75) is 11.2 Å². The number of anilines is 1. The summed E-state index contributed by atoms with van der Waals surface area (Å²) in [5.74, 6) is 0.157. The quantitative estimate of drug-likeness (QED) is 0.721. The molecular weight excluding hydrogens is 360 g/mol. The molecule has 0 saturated carbocycles. The van der Waals surface area contributed by atoms with Gasteiger partial charge in [0.15, 0.2) is 0 Å². The third-order valence-corrected chi connectivity index (χ3v) is 4.16. The second kappa shape index (κ2) is 4.63. The molecule has 2 aromatic rings. The standard InChI is InChI=1S/C13H10Br2N2O/c14-8-1-2-11-10(5-8)12(3-4-16-11)17-7-9(15)6-13(17)18/h1-5,9H,6-7H2. The molecule has 3 rings (SSSR count). The number of benzene rings is 1. The predicted octanol–water partition coefficient (Wildman–Crippen LogP) is 3.50. The Morgan fingerprint density at radius 1 is 1.33 bits per heavy atom. The van der Waals surface area contributed by atoms with E-state index in [9.17, 15) is 4.79 Å². The van der Waals surface area contributed by atoms with E-state index in [-0.39, 0.29) is 10.7 Å². The van der Waals surface area contributed by atoms with Gasteiger partial charge >= 0.3 is 0 Å². The Hall–Kier alpha value is -0.940. The van der Waals surface area contributed by atoms with Crippen LogP contribution in [0.5, 0.6) is 0 Å². The molecule has 1 unspecified atom stereocenters. The molecule has 1 atom stereocenters. The van der Waals surface area contributed by atoms with Gasteiger partial charge in [0, 0.05) is 33.8 Å². The molecule has 18 heavy (non-hydrogen) atoms. The number of halogens is 2. The monoisotopic (exact) mass is 368 g/mol. The summed E-state index contributed by atoms with van der Waals surface area (Å²) in [4.78, 5) is 18.4. The number of amides is 1. The smallest absolute Gasteiger partial charge is 0.228 e. The molecule has 1 aliphatic heterocycles. The first kappa shape index (κ1) is 12.1. The number of nitrogens with zero attached hydrogens (tertiary/aromatic N) is 2. The zero-order valence-electron chi connectivity index (χ0n) is 9.44. The molecule has 3 nitrogen and oxygen atoms in total. The van der Waals surface area contributed by atoms with Gasteiger partial charge in [-0.25, -0.2) is 0 Å². The molecule has 0 N–H and O–H groups in total. The van der Waals surface area contributed by atoms with E-state index in [1.54, 1.807) is 6.20 Å². The molecule has 0 bridgehead atoms. The number of rotatable bonds is 1. The second-order valence-corrected chi connectivity index (χ2v) is 6.51. The van der Waals surface area contributed by atoms with Gasteiger partial charge in [0.05, 0.1) is 11.2 Å². The molecular formula is C13H10Br2N2O. The number of carbonyl (C=O) groups excluding carboxylic acids is 1. The van der Waals surface area contributed by atoms with Crippen LogP contribution in [0.3, 0.4) is 0 Å². The van der Waals surface area contributed by atoms with E-state index < -0.39 is 0 Å². The number of alkyl halides is 1. The van der Waals surface area contributed by atoms with Gasteiger partial charge in [0.1, 0.15) is 0 Å². The summed E-state index contributed by atoms with van der Waals surface area (Å²) in [5, 5.41) is 1.00. The first-order valence-corrected chi connectivity index (χ1v) is 7.35. The van der Waals surface area contributed by atoms with Crippen LogP contribution < -0.4 is 4.90 Å². The number of hydrogen-bond acceptors (Lipinski definition) is 2. The van der Waals surface area contributed by atoms with E-state index >= 15 is 0 Å². The zero-order chi connectivity index (χ0) is 12.7. The van der Waals surface area contributed by atoms with Gasteiger partial charge in [-0.15, -0.1) is 0 Å². The number of aromatic nitrogens is 1. The molecule has 1 aliphatic rings. The van der Waals surface area contributed by atoms with E-state index in [2.05, 4.69) is 36.8 Å². The van der Waals surface area contributed by atoms with Crippen LogP contribution in [0.25, 0.3) is 10.9 Å². The van der Waals surface area contributed by atoms with Crippen LogP contribution in [0.2, 0.25) is 0 Å². The minimum atomic E-state index is 0.157. The Morgan fingerprint density at radius 3 is 2.89 bits per heavy atom. The lowest BCUT2D eigenvalue weighted by atomic mass is 10.2. The highest BCUT2D eigenvalue weighted by molar-refractivity contribution is 9.10. The number of hydrogen-bond donors (Lipinski definition) is 0. The summed E-state index contributed by atoms with van der Waals surface area (Å²) in [6.45, 7) is 0.713. The average Bonchev–Trinajstić information content (AvgIpc) is 2.67. The largest absolute Gasteiger partial charge is 0.311 e. The van der Waals surface area contributed by atoms with Gasteiger partial charge in [-0.05, 0) is 24.3 Å². The number of carbonyl (C=O) groups is 1. The topological polar surface area (TPSA) is 33.2 Å². The fraction of sp³-hybridized carbons (Fsp3) is 0.231. The normalized spacial score (nSPS) is 19.8. The van der Waals surface area contributed by atoms with Gasteiger partial charge < -0.3 is 4.90 Å². The molecule has 5 heteroatoms. The maximum atomic E-state index is 12.0. The number of fused-ring (bicyclic) bond motifs is 1. The lowest BCUT2D eigenvalue weighted by Crippen LogP contribution is -2.24. The summed E-state index contributed by atoms with van der Waals surface area (Å²) < 4.78 is 0.992. The number of pyridine rings is 1. The molecule has 0 aliphatic carbocycles. The first-order valence-electron chi connectivity index (χ1n) is 5.64. The van der Waals surface area contributed by atoms with E-state index in [0.29, 0.717) is 13.0 Å². The Balaban J connectivity index is 2.17. The van der Waals surface area contributed by atoms with Crippen molar-refractivity contribution in [2.24, 2.45) is 0 Å². The maximum absolute atomic E-state index is 12.0. The van der Waals surface area contributed by atoms with Crippen LogP contribution in [0.1, 0.15) is 6.42 Å². The van der Waals surface area contributed by atoms with Crippen molar-refractivity contribution >= 4 is 54.4 Å². The Bertz CT molecular complexity index is 629. The summed E-state index contributed by atoms with van der Waals surface area (Å²) in [6.07, 6.45) is 2.30. The maximum Gasteiger partial charge on any atom is 0.228 e. The summed E-state index contributed by atoms with van der Waals surface area (Å²) in [5.41, 5.74) is 1.84. The molecule has 1 amide bonds. The van der Waals surface area contributed by atoms with Gasteiger partial charge in [0.25, 0.3) is 0 Å². The fourth-order valence-electron chi connectivity index (χ4n) is 2.24. The summed E-state index contributed by atoms with van der Waals surface area (Å²) in [6, 6.07) is 7.82. The lowest BCUT2D eigenvalue weighted by Gasteiger charge is -2.18. The van der Waals surface area contributed by atoms with Crippen LogP contribution in [0.4, 0.5) is 5.69 Å². The second-order valence-electron chi connectivity index (χ2n) is 4.30. The molecule has 0 radical (unpaired) electrons. The molecule has 0 spiro atoms. The summed E-state index contributed by atoms with van der Waals surface area (Å²) in [7, 11) is 0. The molecule has 2 heterocycles. The SMILES string of the molecule is O=C1CC(Br)CN1c1ccnc2ccc(Br)cc12. The minimum absolute atomic E-state index is 0.157. The van der Waals surface area contributed by atoms with Crippen LogP contribution in [-0.4, -0.2) is 22.3 Å². The summed E-state index contributed by atoms with van der Waals surface area (Å²) >= 11 is 6.97. The van der Waals surface area contributed by atoms with E-state index in [1.807, 2.05) is 29.2 Å². The van der Waals surface area contributed by atoms with Crippen LogP contribution in [-0.2, 0) is 4.79 Å². The van der Waals surface area contributed by atoms with Crippen LogP contribution in [0.15, 0.2) is 34.9 Å². The molecule has 1 saturated heterocycles. The van der Waals surface area contributed by atoms with Crippen LogP contribution in [0, 0.1) is 0 Å². The highest BCUT2D eigenvalue weighted by Crippen LogP contribution is 2.32. The van der Waals surface area contributed by atoms with Crippen molar-refractivity contribution in [3.05, 3.63) is 34.9 Å². The Labute approximate surface area is 121 Å². The molecule has 92 valence electrons. The molecule has 1 fully saturated rings. The Kier molecular flexibility index (Phi) is 3.11. The highest BCUT2D eigenvalue weighted by atomic mass is 79.9. The molecule has 1 aromatic heterocycles. The van der Waals surface area contributed by atoms with E-state index in [0.717, 1.165) is 21.1 Å². The third kappa shape index (κ3) is 2.06. The zero-order valence-corrected chi connectivity index (χ0v) is 12.6. The lowest BCUT2D eigenvalue weighted by molar-refractivity contribution is -0.117. The Morgan fingerprint density at radius 2 is 2.17 bits per heavy atom. The van der Waals surface area contributed by atoms with Crippen molar-refractivity contribution in [1.82, 2.24) is 4.98 Å². The molecule has 1 aromatic carbocycles. The van der Waals surface area contributed by atoms with Gasteiger partial charge in [0.2, 0.25) is 5.91 Å². The van der Waals surface area contributed by atoms with Crippen molar-refractivity contribution in [1.29, 1.82) is 0 Å². The minimum Gasteiger partial charge on any atom is -0.311 e. The van der Waals surface area contributed by atoms with Crippen LogP contribution >= 0.6 is 31.9 Å². The predicted molar refractivity (Wildman–Crippen MR) is 79.1 cm³/mol. The first-order chi connectivity index (χ1) is 8.65. The van der Waals surface area contributed by atoms with E-state index in [4.69, 9.17) is 0 Å². The van der Waals surface area contributed by atoms with Gasteiger partial charge in [-0.2, -0.15) is 0 Å². The van der Waals surface area contributed by atoms with Crippen molar-refractivity contribution < 1.29 is 4.79 Å². The van der Waals surface area contributed by atoms with Gasteiger partial charge in [-0.3, -0.25) is 9.78 Å². The van der Waals surface area contributed by atoms with Crippen molar-refractivity contribution in [3.8, 4) is 0 Å². The van der Waals surface area contributed by atoms with Crippen molar-refractivity contribution in [3.63, 3.8) is 0 Å². The average molecular weight is 370 g/mol. The van der Waals surface area contributed by atoms with E-state index in [1.165, 1.54) is 0 Å². The van der Waals surface area contributed by atoms with Crippen molar-refractivity contribution in [2.75, 3.05) is 11.4 Å².